The average molecular weight is 414 g/mol. The van der Waals surface area contributed by atoms with E-state index in [-0.39, 0.29) is 29.3 Å². The summed E-state index contributed by atoms with van der Waals surface area (Å²) in [6.45, 7) is 6.02. The molecule has 1 aromatic carbocycles. The van der Waals surface area contributed by atoms with Gasteiger partial charge in [0, 0.05) is 18.6 Å². The molecule has 0 bridgehead atoms. The van der Waals surface area contributed by atoms with Crippen molar-refractivity contribution in [1.82, 2.24) is 9.62 Å². The number of nitrogens with one attached hydrogen (secondary N) is 1. The second-order valence-electron chi connectivity index (χ2n) is 7.25. The van der Waals surface area contributed by atoms with E-state index in [1.165, 1.54) is 29.6 Å². The van der Waals surface area contributed by atoms with Gasteiger partial charge < -0.3 is 19.5 Å². The van der Waals surface area contributed by atoms with Gasteiger partial charge in [0.15, 0.2) is 6.61 Å². The molecule has 1 heterocycles. The second kappa shape index (κ2) is 8.89. The van der Waals surface area contributed by atoms with E-state index in [9.17, 15) is 18.0 Å². The Kier molecular flexibility index (Phi) is 7.02. The molecule has 9 nitrogen and oxygen atoms in total. The van der Waals surface area contributed by atoms with Crippen LogP contribution in [0.5, 0.6) is 5.75 Å². The van der Waals surface area contributed by atoms with Crippen LogP contribution in [0.4, 0.5) is 0 Å². The lowest BCUT2D eigenvalue weighted by Gasteiger charge is -2.26. The monoisotopic (exact) mass is 414 g/mol. The fourth-order valence-electron chi connectivity index (χ4n) is 2.61. The molecule has 28 heavy (non-hydrogen) atoms. The number of benzene rings is 1. The molecule has 1 N–H and O–H groups in total. The van der Waals surface area contributed by atoms with Crippen molar-refractivity contribution < 1.29 is 32.2 Å². The summed E-state index contributed by atoms with van der Waals surface area (Å²) < 4.78 is 42.2. The molecule has 0 aromatic heterocycles. The van der Waals surface area contributed by atoms with Crippen LogP contribution < -0.4 is 10.1 Å². The molecular formula is C18H26N2O7S. The van der Waals surface area contributed by atoms with E-state index in [2.05, 4.69) is 5.32 Å². The fraction of sp³-hybridized carbons (Fsp3) is 0.556. The maximum absolute atomic E-state index is 12.8. The summed E-state index contributed by atoms with van der Waals surface area (Å²) in [4.78, 5) is 24.2. The summed E-state index contributed by atoms with van der Waals surface area (Å²) in [6, 6.07) is 3.96. The number of nitrogens with zero attached hydrogens (tertiary/aromatic N) is 1. The predicted molar refractivity (Wildman–Crippen MR) is 101 cm³/mol. The Balaban J connectivity index is 2.20. The number of ether oxygens (including phenoxy) is 3. The van der Waals surface area contributed by atoms with Gasteiger partial charge in [-0.15, -0.1) is 0 Å². The highest BCUT2D eigenvalue weighted by Crippen LogP contribution is 2.25. The van der Waals surface area contributed by atoms with Crippen LogP contribution in [0.1, 0.15) is 31.1 Å². The van der Waals surface area contributed by atoms with Crippen LogP contribution in [0, 0.1) is 0 Å². The maximum atomic E-state index is 12.8. The smallest absolute Gasteiger partial charge is 0.342 e. The highest BCUT2D eigenvalue weighted by Gasteiger charge is 2.28. The zero-order chi connectivity index (χ0) is 20.9. The van der Waals surface area contributed by atoms with Crippen molar-refractivity contribution in [3.8, 4) is 5.75 Å². The van der Waals surface area contributed by atoms with Crippen LogP contribution in [0.2, 0.25) is 0 Å². The van der Waals surface area contributed by atoms with Crippen molar-refractivity contribution in [3.63, 3.8) is 0 Å². The van der Waals surface area contributed by atoms with Crippen LogP contribution in [0.25, 0.3) is 0 Å². The number of amides is 1. The quantitative estimate of drug-likeness (QED) is 0.685. The number of methoxy groups -OCH3 is 1. The molecule has 0 atom stereocenters. The molecule has 1 fully saturated rings. The van der Waals surface area contributed by atoms with Crippen molar-refractivity contribution in [2.24, 2.45) is 0 Å². The maximum Gasteiger partial charge on any atom is 0.342 e. The minimum absolute atomic E-state index is 0.0544. The fourth-order valence-corrected chi connectivity index (χ4v) is 4.04. The van der Waals surface area contributed by atoms with Gasteiger partial charge in [0.25, 0.3) is 5.91 Å². The first-order chi connectivity index (χ1) is 13.0. The van der Waals surface area contributed by atoms with E-state index >= 15 is 0 Å². The molecule has 1 aromatic rings. The molecule has 1 aliphatic rings. The van der Waals surface area contributed by atoms with Crippen molar-refractivity contribution in [2.75, 3.05) is 40.0 Å². The zero-order valence-corrected chi connectivity index (χ0v) is 17.3. The molecule has 2 rings (SSSR count). The lowest BCUT2D eigenvalue weighted by molar-refractivity contribution is -0.125. The van der Waals surface area contributed by atoms with Crippen molar-refractivity contribution in [2.45, 2.75) is 31.2 Å². The summed E-state index contributed by atoms with van der Waals surface area (Å²) in [5.41, 5.74) is -0.534. The number of hydrogen-bond acceptors (Lipinski definition) is 7. The van der Waals surface area contributed by atoms with E-state index < -0.39 is 34.0 Å². The van der Waals surface area contributed by atoms with E-state index in [1.54, 1.807) is 20.8 Å². The van der Waals surface area contributed by atoms with Crippen LogP contribution in [0.15, 0.2) is 23.1 Å². The molecule has 1 saturated heterocycles. The largest absolute Gasteiger partial charge is 0.496 e. The summed E-state index contributed by atoms with van der Waals surface area (Å²) in [5, 5.41) is 2.67. The van der Waals surface area contributed by atoms with Gasteiger partial charge in [-0.25, -0.2) is 13.2 Å². The van der Waals surface area contributed by atoms with Gasteiger partial charge >= 0.3 is 5.97 Å². The van der Waals surface area contributed by atoms with E-state index in [4.69, 9.17) is 14.2 Å². The van der Waals surface area contributed by atoms with Gasteiger partial charge in [-0.1, -0.05) is 0 Å². The first-order valence-electron chi connectivity index (χ1n) is 8.78. The topological polar surface area (TPSA) is 111 Å². The highest BCUT2D eigenvalue weighted by atomic mass is 32.2. The molecule has 10 heteroatoms. The second-order valence-corrected chi connectivity index (χ2v) is 9.19. The summed E-state index contributed by atoms with van der Waals surface area (Å²) in [7, 11) is -2.43. The van der Waals surface area contributed by atoms with Crippen LogP contribution in [-0.2, 0) is 24.3 Å². The van der Waals surface area contributed by atoms with Crippen LogP contribution in [-0.4, -0.2) is 70.2 Å². The molecule has 156 valence electrons. The Morgan fingerprint density at radius 2 is 1.86 bits per heavy atom. The first kappa shape index (κ1) is 22.1. The van der Waals surface area contributed by atoms with Crippen molar-refractivity contribution >= 4 is 21.9 Å². The van der Waals surface area contributed by atoms with E-state index in [0.717, 1.165) is 0 Å². The van der Waals surface area contributed by atoms with Gasteiger partial charge in [0.2, 0.25) is 10.0 Å². The van der Waals surface area contributed by atoms with Crippen LogP contribution >= 0.6 is 0 Å². The van der Waals surface area contributed by atoms with Crippen LogP contribution in [0.3, 0.4) is 0 Å². The minimum atomic E-state index is -3.79. The number of morpholine rings is 1. The summed E-state index contributed by atoms with van der Waals surface area (Å²) in [6.07, 6.45) is 0. The van der Waals surface area contributed by atoms with E-state index in [0.29, 0.717) is 13.2 Å². The van der Waals surface area contributed by atoms with Gasteiger partial charge in [0.1, 0.15) is 11.3 Å². The lowest BCUT2D eigenvalue weighted by atomic mass is 10.1. The van der Waals surface area contributed by atoms with Gasteiger partial charge in [-0.2, -0.15) is 4.31 Å². The molecule has 0 radical (unpaired) electrons. The molecule has 1 aliphatic heterocycles. The predicted octanol–water partition coefficient (Wildman–Crippen LogP) is 0.788. The molecule has 1 amide bonds. The molecular weight excluding hydrogens is 388 g/mol. The Labute approximate surface area is 165 Å². The standard InChI is InChI=1S/C18H26N2O7S/c1-18(2,3)19-16(21)12-27-17(22)14-11-13(5-6-15(14)25-4)28(23,24)20-7-9-26-10-8-20/h5-6,11H,7-10,12H2,1-4H3,(H,19,21). The normalized spacial score (nSPS) is 15.7. The number of carbonyl (C=O) groups excluding carboxylic acids is 2. The minimum Gasteiger partial charge on any atom is -0.496 e. The number of esters is 1. The lowest BCUT2D eigenvalue weighted by Crippen LogP contribution is -2.42. The Bertz CT molecular complexity index is 825. The first-order valence-corrected chi connectivity index (χ1v) is 10.2. The van der Waals surface area contributed by atoms with Gasteiger partial charge in [0.05, 0.1) is 25.2 Å². The Morgan fingerprint density at radius 3 is 2.43 bits per heavy atom. The third kappa shape index (κ3) is 5.66. The van der Waals surface area contributed by atoms with Crippen molar-refractivity contribution in [1.29, 1.82) is 0 Å². The summed E-state index contributed by atoms with van der Waals surface area (Å²) in [5.74, 6) is -1.15. The van der Waals surface area contributed by atoms with Crippen molar-refractivity contribution in [3.05, 3.63) is 23.8 Å². The molecule has 0 spiro atoms. The summed E-state index contributed by atoms with van der Waals surface area (Å²) >= 11 is 0. The average Bonchev–Trinajstić information content (AvgIpc) is 2.65. The zero-order valence-electron chi connectivity index (χ0n) is 16.5. The Morgan fingerprint density at radius 1 is 1.21 bits per heavy atom. The number of sulfonamides is 1. The van der Waals surface area contributed by atoms with E-state index in [1.807, 2.05) is 0 Å². The SMILES string of the molecule is COc1ccc(S(=O)(=O)N2CCOCC2)cc1C(=O)OCC(=O)NC(C)(C)C. The Hall–Kier alpha value is -2.17. The number of rotatable bonds is 6. The third-order valence-corrected chi connectivity index (χ3v) is 5.74. The third-order valence-electron chi connectivity index (χ3n) is 3.85. The van der Waals surface area contributed by atoms with Gasteiger partial charge in [-0.3, -0.25) is 4.79 Å². The molecule has 0 unspecified atom stereocenters. The number of hydrogen-bond donors (Lipinski definition) is 1. The van der Waals surface area contributed by atoms with Gasteiger partial charge in [-0.05, 0) is 39.0 Å². The highest BCUT2D eigenvalue weighted by molar-refractivity contribution is 7.89. The molecule has 0 aliphatic carbocycles. The molecule has 0 saturated carbocycles. The number of carbonyl (C=O) groups is 2.